The lowest BCUT2D eigenvalue weighted by Gasteiger charge is -2.32. The lowest BCUT2D eigenvalue weighted by molar-refractivity contribution is 0.154. The molecule has 1 fully saturated rings. The van der Waals surface area contributed by atoms with Crippen molar-refractivity contribution < 1.29 is 5.11 Å². The molecule has 1 aromatic rings. The molecular formula is C13H18N2OS. The monoisotopic (exact) mass is 250 g/mol. The van der Waals surface area contributed by atoms with Gasteiger partial charge < -0.3 is 15.7 Å². The summed E-state index contributed by atoms with van der Waals surface area (Å²) in [7, 11) is 0. The molecule has 1 saturated heterocycles. The molecule has 1 atom stereocenters. The van der Waals surface area contributed by atoms with E-state index >= 15 is 0 Å². The van der Waals surface area contributed by atoms with Crippen LogP contribution in [0.25, 0.3) is 0 Å². The lowest BCUT2D eigenvalue weighted by Crippen LogP contribution is -2.38. The fourth-order valence-electron chi connectivity index (χ4n) is 2.31. The first-order valence-electron chi connectivity index (χ1n) is 5.91. The summed E-state index contributed by atoms with van der Waals surface area (Å²) in [5.74, 6) is 0. The van der Waals surface area contributed by atoms with Gasteiger partial charge in [-0.1, -0.05) is 12.2 Å². The van der Waals surface area contributed by atoms with E-state index in [-0.39, 0.29) is 6.10 Å². The molecule has 3 nitrogen and oxygen atoms in total. The van der Waals surface area contributed by atoms with Crippen molar-refractivity contribution in [1.82, 2.24) is 0 Å². The number of anilines is 1. The molecule has 4 heteroatoms. The van der Waals surface area contributed by atoms with E-state index in [9.17, 15) is 5.11 Å². The average molecular weight is 250 g/mol. The van der Waals surface area contributed by atoms with E-state index in [1.54, 1.807) is 0 Å². The Bertz CT molecular complexity index is 433. The second kappa shape index (κ2) is 5.02. The Morgan fingerprint density at radius 2 is 2.29 bits per heavy atom. The highest BCUT2D eigenvalue weighted by Gasteiger charge is 2.18. The van der Waals surface area contributed by atoms with Crippen LogP contribution in [0.15, 0.2) is 18.2 Å². The predicted molar refractivity (Wildman–Crippen MR) is 74.5 cm³/mol. The van der Waals surface area contributed by atoms with Gasteiger partial charge in [0.15, 0.2) is 0 Å². The average Bonchev–Trinajstić information content (AvgIpc) is 2.28. The van der Waals surface area contributed by atoms with Crippen molar-refractivity contribution in [3.63, 3.8) is 0 Å². The van der Waals surface area contributed by atoms with Gasteiger partial charge >= 0.3 is 0 Å². The van der Waals surface area contributed by atoms with Crippen molar-refractivity contribution in [2.75, 3.05) is 18.0 Å². The van der Waals surface area contributed by atoms with Crippen LogP contribution >= 0.6 is 12.2 Å². The van der Waals surface area contributed by atoms with E-state index in [0.717, 1.165) is 36.2 Å². The Kier molecular flexibility index (Phi) is 3.64. The minimum Gasteiger partial charge on any atom is -0.391 e. The van der Waals surface area contributed by atoms with E-state index in [0.29, 0.717) is 11.5 Å². The molecule has 92 valence electrons. The second-order valence-electron chi connectivity index (χ2n) is 4.61. The van der Waals surface area contributed by atoms with Crippen LogP contribution in [0.5, 0.6) is 0 Å². The first-order chi connectivity index (χ1) is 8.08. The standard InChI is InChI=1S/C13H18N2OS/c1-9-7-10(4-5-12(9)13(14)17)15-6-2-3-11(16)8-15/h4-5,7,11,16H,2-3,6,8H2,1H3,(H2,14,17). The number of aliphatic hydroxyl groups is 1. The van der Waals surface area contributed by atoms with Gasteiger partial charge in [-0.2, -0.15) is 0 Å². The van der Waals surface area contributed by atoms with Gasteiger partial charge in [-0.05, 0) is 43.5 Å². The first kappa shape index (κ1) is 12.3. The Balaban J connectivity index is 2.22. The van der Waals surface area contributed by atoms with Crippen molar-refractivity contribution in [2.45, 2.75) is 25.9 Å². The van der Waals surface area contributed by atoms with Gasteiger partial charge in [0.2, 0.25) is 0 Å². The number of aliphatic hydroxyl groups excluding tert-OH is 1. The van der Waals surface area contributed by atoms with Gasteiger partial charge in [0.25, 0.3) is 0 Å². The third-order valence-electron chi connectivity index (χ3n) is 3.24. The maximum Gasteiger partial charge on any atom is 0.104 e. The highest BCUT2D eigenvalue weighted by Crippen LogP contribution is 2.22. The highest BCUT2D eigenvalue weighted by atomic mass is 32.1. The largest absolute Gasteiger partial charge is 0.391 e. The highest BCUT2D eigenvalue weighted by molar-refractivity contribution is 7.80. The van der Waals surface area contributed by atoms with Crippen LogP contribution in [-0.4, -0.2) is 29.3 Å². The molecule has 1 unspecified atom stereocenters. The number of hydrogen-bond donors (Lipinski definition) is 2. The summed E-state index contributed by atoms with van der Waals surface area (Å²) in [5.41, 5.74) is 8.81. The zero-order valence-electron chi connectivity index (χ0n) is 10.0. The molecule has 1 heterocycles. The fourth-order valence-corrected chi connectivity index (χ4v) is 2.54. The number of rotatable bonds is 2. The van der Waals surface area contributed by atoms with Gasteiger partial charge in [0, 0.05) is 24.3 Å². The number of nitrogens with two attached hydrogens (primary N) is 1. The zero-order chi connectivity index (χ0) is 12.4. The van der Waals surface area contributed by atoms with Crippen molar-refractivity contribution in [3.8, 4) is 0 Å². The number of piperidine rings is 1. The number of nitrogens with zero attached hydrogens (tertiary/aromatic N) is 1. The van der Waals surface area contributed by atoms with Crippen LogP contribution in [0.3, 0.4) is 0 Å². The molecular weight excluding hydrogens is 232 g/mol. The number of aryl methyl sites for hydroxylation is 1. The normalized spacial score (nSPS) is 20.4. The maximum absolute atomic E-state index is 9.67. The molecule has 17 heavy (non-hydrogen) atoms. The quantitative estimate of drug-likeness (QED) is 0.783. The molecule has 0 saturated carbocycles. The molecule has 0 spiro atoms. The van der Waals surface area contributed by atoms with Gasteiger partial charge in [-0.15, -0.1) is 0 Å². The molecule has 0 bridgehead atoms. The molecule has 0 radical (unpaired) electrons. The number of benzene rings is 1. The molecule has 2 rings (SSSR count). The summed E-state index contributed by atoms with van der Waals surface area (Å²) < 4.78 is 0. The summed E-state index contributed by atoms with van der Waals surface area (Å²) in [6.07, 6.45) is 1.73. The molecule has 0 aliphatic carbocycles. The topological polar surface area (TPSA) is 49.5 Å². The first-order valence-corrected chi connectivity index (χ1v) is 6.32. The second-order valence-corrected chi connectivity index (χ2v) is 5.05. The Morgan fingerprint density at radius 1 is 1.53 bits per heavy atom. The third kappa shape index (κ3) is 2.76. The Hall–Kier alpha value is -1.13. The van der Waals surface area contributed by atoms with Crippen molar-refractivity contribution in [2.24, 2.45) is 5.73 Å². The maximum atomic E-state index is 9.67. The van der Waals surface area contributed by atoms with Crippen molar-refractivity contribution >= 4 is 22.9 Å². The van der Waals surface area contributed by atoms with Crippen LogP contribution < -0.4 is 10.6 Å². The fraction of sp³-hybridized carbons (Fsp3) is 0.462. The molecule has 1 aromatic carbocycles. The van der Waals surface area contributed by atoms with E-state index < -0.39 is 0 Å². The minimum absolute atomic E-state index is 0.209. The van der Waals surface area contributed by atoms with E-state index in [1.165, 1.54) is 0 Å². The lowest BCUT2D eigenvalue weighted by atomic mass is 10.0. The Labute approximate surface area is 107 Å². The Morgan fingerprint density at radius 3 is 2.88 bits per heavy atom. The van der Waals surface area contributed by atoms with Crippen LogP contribution in [0.1, 0.15) is 24.0 Å². The summed E-state index contributed by atoms with van der Waals surface area (Å²) in [6, 6.07) is 6.08. The van der Waals surface area contributed by atoms with Gasteiger partial charge in [0.1, 0.15) is 4.99 Å². The van der Waals surface area contributed by atoms with Gasteiger partial charge in [-0.3, -0.25) is 0 Å². The summed E-state index contributed by atoms with van der Waals surface area (Å²) in [5, 5.41) is 9.67. The number of hydrogen-bond acceptors (Lipinski definition) is 3. The molecule has 1 aliphatic rings. The zero-order valence-corrected chi connectivity index (χ0v) is 10.8. The van der Waals surface area contributed by atoms with Crippen LogP contribution in [0.2, 0.25) is 0 Å². The van der Waals surface area contributed by atoms with Crippen LogP contribution in [0, 0.1) is 6.92 Å². The van der Waals surface area contributed by atoms with Gasteiger partial charge in [-0.25, -0.2) is 0 Å². The predicted octanol–water partition coefficient (Wildman–Crippen LogP) is 1.59. The van der Waals surface area contributed by atoms with Crippen molar-refractivity contribution in [1.29, 1.82) is 0 Å². The van der Waals surface area contributed by atoms with Crippen LogP contribution in [0.4, 0.5) is 5.69 Å². The molecule has 3 N–H and O–H groups in total. The van der Waals surface area contributed by atoms with Gasteiger partial charge in [0.05, 0.1) is 6.10 Å². The van der Waals surface area contributed by atoms with Crippen LogP contribution in [-0.2, 0) is 0 Å². The summed E-state index contributed by atoms with van der Waals surface area (Å²) in [4.78, 5) is 2.65. The molecule has 0 amide bonds. The summed E-state index contributed by atoms with van der Waals surface area (Å²) in [6.45, 7) is 3.73. The SMILES string of the molecule is Cc1cc(N2CCCC(O)C2)ccc1C(N)=S. The summed E-state index contributed by atoms with van der Waals surface area (Å²) >= 11 is 4.99. The number of thiocarbonyl (C=S) groups is 1. The van der Waals surface area contributed by atoms with E-state index in [2.05, 4.69) is 11.0 Å². The minimum atomic E-state index is -0.209. The molecule has 0 aromatic heterocycles. The number of β-amino-alcohol motifs (C(OH)–C–C–N with tert-alkyl or cyclic N) is 1. The van der Waals surface area contributed by atoms with E-state index in [1.807, 2.05) is 19.1 Å². The third-order valence-corrected chi connectivity index (χ3v) is 3.46. The smallest absolute Gasteiger partial charge is 0.104 e. The van der Waals surface area contributed by atoms with Crippen molar-refractivity contribution in [3.05, 3.63) is 29.3 Å². The van der Waals surface area contributed by atoms with E-state index in [4.69, 9.17) is 18.0 Å². The molecule has 1 aliphatic heterocycles.